The normalized spacial score (nSPS) is 18.9. The van der Waals surface area contributed by atoms with Crippen LogP contribution in [0, 0.1) is 11.3 Å². The van der Waals surface area contributed by atoms with Crippen molar-refractivity contribution in [2.75, 3.05) is 36.9 Å². The van der Waals surface area contributed by atoms with E-state index in [9.17, 15) is 0 Å². The van der Waals surface area contributed by atoms with Crippen molar-refractivity contribution >= 4 is 11.5 Å². The summed E-state index contributed by atoms with van der Waals surface area (Å²) in [5, 5.41) is 8.90. The maximum Gasteiger partial charge on any atom is 0.239 e. The van der Waals surface area contributed by atoms with Crippen LogP contribution in [0.5, 0.6) is 5.88 Å². The molecule has 1 fully saturated rings. The molecular formula is C13H18N4O2. The Hall–Kier alpha value is -2.00. The lowest BCUT2D eigenvalue weighted by atomic mass is 10.3. The summed E-state index contributed by atoms with van der Waals surface area (Å²) in [5.74, 6) is 1.23. The summed E-state index contributed by atoms with van der Waals surface area (Å²) in [6, 6.07) is 5.74. The van der Waals surface area contributed by atoms with Crippen LogP contribution in [0.15, 0.2) is 12.1 Å². The van der Waals surface area contributed by atoms with Crippen LogP contribution in [-0.4, -0.2) is 37.4 Å². The number of ether oxygens (including phenoxy) is 2. The molecule has 1 atom stereocenters. The Kier molecular flexibility index (Phi) is 4.42. The number of morpholine rings is 1. The van der Waals surface area contributed by atoms with E-state index < -0.39 is 6.10 Å². The molecule has 0 spiro atoms. The minimum atomic E-state index is -0.409. The Balaban J connectivity index is 2.13. The Morgan fingerprint density at radius 1 is 1.63 bits per heavy atom. The molecule has 6 heteroatoms. The number of anilines is 2. The van der Waals surface area contributed by atoms with E-state index in [2.05, 4.69) is 11.1 Å². The predicted molar refractivity (Wildman–Crippen MR) is 72.0 cm³/mol. The summed E-state index contributed by atoms with van der Waals surface area (Å²) in [6.45, 7) is 4.36. The quantitative estimate of drug-likeness (QED) is 0.877. The van der Waals surface area contributed by atoms with Gasteiger partial charge in [0.15, 0.2) is 6.10 Å². The molecule has 102 valence electrons. The van der Waals surface area contributed by atoms with Crippen molar-refractivity contribution in [3.63, 3.8) is 0 Å². The Morgan fingerprint density at radius 2 is 2.47 bits per heavy atom. The van der Waals surface area contributed by atoms with E-state index in [1.165, 1.54) is 0 Å². The summed E-state index contributed by atoms with van der Waals surface area (Å²) < 4.78 is 10.8. The first-order valence-electron chi connectivity index (χ1n) is 6.40. The monoisotopic (exact) mass is 262 g/mol. The molecule has 2 N–H and O–H groups in total. The molecule has 19 heavy (non-hydrogen) atoms. The number of nitrogens with zero attached hydrogens (tertiary/aromatic N) is 3. The average Bonchev–Trinajstić information content (AvgIpc) is 2.46. The number of nitriles is 1. The highest BCUT2D eigenvalue weighted by molar-refractivity contribution is 5.54. The van der Waals surface area contributed by atoms with Crippen LogP contribution in [0.25, 0.3) is 0 Å². The first kappa shape index (κ1) is 13.4. The van der Waals surface area contributed by atoms with Crippen molar-refractivity contribution in [2.45, 2.75) is 19.4 Å². The number of hydrogen-bond acceptors (Lipinski definition) is 6. The van der Waals surface area contributed by atoms with E-state index in [4.69, 9.17) is 20.5 Å². The summed E-state index contributed by atoms with van der Waals surface area (Å²) in [5.41, 5.74) is 6.36. The van der Waals surface area contributed by atoms with Gasteiger partial charge in [0.05, 0.1) is 31.5 Å². The van der Waals surface area contributed by atoms with Crippen molar-refractivity contribution < 1.29 is 9.47 Å². The molecule has 1 aromatic rings. The van der Waals surface area contributed by atoms with Gasteiger partial charge in [0.2, 0.25) is 5.88 Å². The molecule has 1 aromatic heterocycles. The highest BCUT2D eigenvalue weighted by Gasteiger charge is 2.21. The van der Waals surface area contributed by atoms with Gasteiger partial charge in [-0.15, -0.1) is 0 Å². The topological polar surface area (TPSA) is 84.4 Å². The Morgan fingerprint density at radius 3 is 3.21 bits per heavy atom. The average molecular weight is 262 g/mol. The summed E-state index contributed by atoms with van der Waals surface area (Å²) in [6.07, 6.45) is 0.493. The van der Waals surface area contributed by atoms with Gasteiger partial charge in [-0.1, -0.05) is 6.92 Å². The van der Waals surface area contributed by atoms with Gasteiger partial charge in [-0.05, 0) is 18.6 Å². The van der Waals surface area contributed by atoms with E-state index in [-0.39, 0.29) is 0 Å². The second kappa shape index (κ2) is 6.25. The molecule has 0 aliphatic carbocycles. The number of rotatable bonds is 4. The van der Waals surface area contributed by atoms with Gasteiger partial charge in [0.1, 0.15) is 5.82 Å². The largest absolute Gasteiger partial charge is 0.476 e. The zero-order valence-electron chi connectivity index (χ0n) is 11.0. The second-order valence-corrected chi connectivity index (χ2v) is 4.35. The van der Waals surface area contributed by atoms with Gasteiger partial charge < -0.3 is 20.1 Å². The second-order valence-electron chi connectivity index (χ2n) is 4.35. The van der Waals surface area contributed by atoms with Crippen LogP contribution in [0.1, 0.15) is 13.3 Å². The van der Waals surface area contributed by atoms with E-state index in [1.54, 1.807) is 6.07 Å². The molecule has 0 aromatic carbocycles. The van der Waals surface area contributed by atoms with Crippen LogP contribution >= 0.6 is 0 Å². The lowest BCUT2D eigenvalue weighted by Gasteiger charge is -2.30. The lowest BCUT2D eigenvalue weighted by Crippen LogP contribution is -2.42. The Labute approximate surface area is 112 Å². The smallest absolute Gasteiger partial charge is 0.239 e. The van der Waals surface area contributed by atoms with Crippen LogP contribution < -0.4 is 15.4 Å². The number of pyridine rings is 1. The molecule has 0 radical (unpaired) electrons. The molecular weight excluding hydrogens is 244 g/mol. The highest BCUT2D eigenvalue weighted by Crippen LogP contribution is 2.24. The van der Waals surface area contributed by atoms with Crippen LogP contribution in [0.2, 0.25) is 0 Å². The SMILES string of the molecule is CCCOc1nc(N2CCOC(C#N)C2)ccc1N. The first-order chi connectivity index (χ1) is 9.24. The molecule has 0 amide bonds. The van der Waals surface area contributed by atoms with E-state index in [1.807, 2.05) is 17.9 Å². The fourth-order valence-electron chi connectivity index (χ4n) is 1.87. The van der Waals surface area contributed by atoms with Crippen molar-refractivity contribution in [3.05, 3.63) is 12.1 Å². The highest BCUT2D eigenvalue weighted by atomic mass is 16.5. The molecule has 0 bridgehead atoms. The van der Waals surface area contributed by atoms with E-state index in [0.29, 0.717) is 37.9 Å². The fourth-order valence-corrected chi connectivity index (χ4v) is 1.87. The van der Waals surface area contributed by atoms with Gasteiger partial charge in [-0.3, -0.25) is 0 Å². The lowest BCUT2D eigenvalue weighted by molar-refractivity contribution is 0.0761. The van der Waals surface area contributed by atoms with Crippen molar-refractivity contribution in [3.8, 4) is 11.9 Å². The maximum absolute atomic E-state index is 8.90. The standard InChI is InChI=1S/C13H18N4O2/c1-2-6-19-13-11(15)3-4-12(16-13)17-5-7-18-10(8-14)9-17/h3-4,10H,2,5-7,9,15H2,1H3. The Bertz CT molecular complexity index is 472. The summed E-state index contributed by atoms with van der Waals surface area (Å²) in [4.78, 5) is 6.43. The minimum absolute atomic E-state index is 0.409. The van der Waals surface area contributed by atoms with Crippen LogP contribution in [0.3, 0.4) is 0 Å². The van der Waals surface area contributed by atoms with E-state index in [0.717, 1.165) is 12.2 Å². The van der Waals surface area contributed by atoms with Gasteiger partial charge >= 0.3 is 0 Å². The van der Waals surface area contributed by atoms with Crippen LogP contribution in [-0.2, 0) is 4.74 Å². The van der Waals surface area contributed by atoms with E-state index >= 15 is 0 Å². The summed E-state index contributed by atoms with van der Waals surface area (Å²) >= 11 is 0. The van der Waals surface area contributed by atoms with Gasteiger partial charge in [-0.25, -0.2) is 0 Å². The van der Waals surface area contributed by atoms with Gasteiger partial charge in [-0.2, -0.15) is 10.2 Å². The molecule has 0 saturated carbocycles. The number of hydrogen-bond donors (Lipinski definition) is 1. The van der Waals surface area contributed by atoms with Crippen molar-refractivity contribution in [2.24, 2.45) is 0 Å². The van der Waals surface area contributed by atoms with Gasteiger partial charge in [0, 0.05) is 6.54 Å². The zero-order chi connectivity index (χ0) is 13.7. The molecule has 1 saturated heterocycles. The van der Waals surface area contributed by atoms with Gasteiger partial charge in [0.25, 0.3) is 0 Å². The maximum atomic E-state index is 8.90. The third kappa shape index (κ3) is 3.26. The number of nitrogens with two attached hydrogens (primary N) is 1. The molecule has 1 aliphatic heterocycles. The first-order valence-corrected chi connectivity index (χ1v) is 6.40. The zero-order valence-corrected chi connectivity index (χ0v) is 11.0. The van der Waals surface area contributed by atoms with Crippen molar-refractivity contribution in [1.82, 2.24) is 4.98 Å². The number of nitrogen functional groups attached to an aromatic ring is 1. The molecule has 1 unspecified atom stereocenters. The third-order valence-electron chi connectivity index (χ3n) is 2.85. The minimum Gasteiger partial charge on any atom is -0.476 e. The molecule has 1 aliphatic rings. The third-order valence-corrected chi connectivity index (χ3v) is 2.85. The summed E-state index contributed by atoms with van der Waals surface area (Å²) in [7, 11) is 0. The van der Waals surface area contributed by atoms with Crippen molar-refractivity contribution in [1.29, 1.82) is 5.26 Å². The fraction of sp³-hybridized carbons (Fsp3) is 0.538. The number of aromatic nitrogens is 1. The predicted octanol–water partition coefficient (Wildman–Crippen LogP) is 1.18. The molecule has 6 nitrogen and oxygen atoms in total. The molecule has 2 heterocycles. The molecule has 2 rings (SSSR count). The van der Waals surface area contributed by atoms with Crippen LogP contribution in [0.4, 0.5) is 11.5 Å².